The maximum Gasteiger partial charge on any atom is 0.174 e. The third-order valence-corrected chi connectivity index (χ3v) is 9.67. The molecule has 1 aromatic carbocycles. The van der Waals surface area contributed by atoms with Gasteiger partial charge in [-0.1, -0.05) is 44.4 Å². The summed E-state index contributed by atoms with van der Waals surface area (Å²) >= 11 is 13.1. The SMILES string of the molecule is Cc1cc([C@@H]2[C@@H](c3ccccn3)NC(=S)N2c2ccc(N3C[C@H](C)C[C@H](C)C3)c(Cl)c2)c(C)n1C1CCCC1. The van der Waals surface area contributed by atoms with E-state index in [0.29, 0.717) is 23.0 Å². The Morgan fingerprint density at radius 2 is 1.74 bits per heavy atom. The first-order chi connectivity index (χ1) is 18.8. The highest BCUT2D eigenvalue weighted by Crippen LogP contribution is 2.46. The van der Waals surface area contributed by atoms with E-state index < -0.39 is 0 Å². The zero-order valence-electron chi connectivity index (χ0n) is 23.5. The van der Waals surface area contributed by atoms with E-state index in [2.05, 4.69) is 83.8 Å². The molecule has 7 heteroatoms. The fraction of sp³-hybridized carbons (Fsp3) is 0.500. The molecule has 1 N–H and O–H groups in total. The zero-order valence-corrected chi connectivity index (χ0v) is 25.1. The van der Waals surface area contributed by atoms with Crippen LogP contribution in [0.2, 0.25) is 5.02 Å². The number of aromatic nitrogens is 2. The molecule has 3 aliphatic rings. The van der Waals surface area contributed by atoms with Crippen molar-refractivity contribution < 1.29 is 0 Å². The van der Waals surface area contributed by atoms with Gasteiger partial charge in [0.15, 0.2) is 5.11 Å². The van der Waals surface area contributed by atoms with Crippen LogP contribution in [0.5, 0.6) is 0 Å². The lowest BCUT2D eigenvalue weighted by Crippen LogP contribution is -2.38. The first-order valence-corrected chi connectivity index (χ1v) is 15.3. The summed E-state index contributed by atoms with van der Waals surface area (Å²) in [5.41, 5.74) is 7.11. The fourth-order valence-electron chi connectivity index (χ4n) is 7.54. The van der Waals surface area contributed by atoms with Crippen molar-refractivity contribution in [3.05, 3.63) is 76.3 Å². The summed E-state index contributed by atoms with van der Waals surface area (Å²) in [4.78, 5) is 9.48. The van der Waals surface area contributed by atoms with Crippen LogP contribution < -0.4 is 15.1 Å². The van der Waals surface area contributed by atoms with Crippen molar-refractivity contribution in [1.82, 2.24) is 14.9 Å². The molecule has 2 aromatic heterocycles. The third kappa shape index (κ3) is 4.95. The minimum atomic E-state index is -0.0570. The Morgan fingerprint density at radius 1 is 1.00 bits per heavy atom. The van der Waals surface area contributed by atoms with Crippen molar-refractivity contribution >= 4 is 40.3 Å². The molecule has 0 bridgehead atoms. The van der Waals surface area contributed by atoms with Gasteiger partial charge in [0.2, 0.25) is 0 Å². The minimum Gasteiger partial charge on any atom is -0.370 e. The number of anilines is 2. The minimum absolute atomic E-state index is 0.0225. The number of thiocarbonyl (C=S) groups is 1. The summed E-state index contributed by atoms with van der Waals surface area (Å²) in [5, 5.41) is 5.13. The Morgan fingerprint density at radius 3 is 2.41 bits per heavy atom. The third-order valence-electron chi connectivity index (χ3n) is 9.05. The highest BCUT2D eigenvalue weighted by molar-refractivity contribution is 7.80. The molecule has 0 amide bonds. The number of pyridine rings is 1. The average molecular weight is 562 g/mol. The van der Waals surface area contributed by atoms with Gasteiger partial charge in [0, 0.05) is 42.4 Å². The largest absolute Gasteiger partial charge is 0.370 e. The van der Waals surface area contributed by atoms with Crippen LogP contribution in [0, 0.1) is 25.7 Å². The lowest BCUT2D eigenvalue weighted by Gasteiger charge is -2.37. The van der Waals surface area contributed by atoms with Gasteiger partial charge in [-0.3, -0.25) is 4.98 Å². The number of nitrogens with one attached hydrogen (secondary N) is 1. The Balaban J connectivity index is 1.41. The normalized spacial score (nSPS) is 25.9. The Kier molecular flexibility index (Phi) is 7.36. The van der Waals surface area contributed by atoms with Crippen LogP contribution in [0.4, 0.5) is 11.4 Å². The van der Waals surface area contributed by atoms with Crippen LogP contribution in [-0.2, 0) is 0 Å². The molecule has 2 aliphatic heterocycles. The predicted molar refractivity (Wildman–Crippen MR) is 166 cm³/mol. The predicted octanol–water partition coefficient (Wildman–Crippen LogP) is 7.93. The summed E-state index contributed by atoms with van der Waals surface area (Å²) in [6, 6.07) is 15.5. The smallest absolute Gasteiger partial charge is 0.174 e. The lowest BCUT2D eigenvalue weighted by atomic mass is 9.91. The van der Waals surface area contributed by atoms with Crippen LogP contribution in [0.1, 0.15) is 86.7 Å². The van der Waals surface area contributed by atoms with Gasteiger partial charge in [0.25, 0.3) is 0 Å². The molecule has 0 spiro atoms. The van der Waals surface area contributed by atoms with E-state index in [-0.39, 0.29) is 12.1 Å². The van der Waals surface area contributed by atoms with Crippen molar-refractivity contribution in [2.45, 2.75) is 77.9 Å². The van der Waals surface area contributed by atoms with E-state index in [4.69, 9.17) is 28.8 Å². The monoisotopic (exact) mass is 561 g/mol. The Hall–Kier alpha value is -2.57. The fourth-order valence-corrected chi connectivity index (χ4v) is 8.18. The van der Waals surface area contributed by atoms with Crippen LogP contribution in [0.25, 0.3) is 0 Å². The maximum atomic E-state index is 7.03. The molecule has 206 valence electrons. The van der Waals surface area contributed by atoms with Gasteiger partial charge in [0.1, 0.15) is 0 Å². The topological polar surface area (TPSA) is 36.3 Å². The number of hydrogen-bond donors (Lipinski definition) is 1. The van der Waals surface area contributed by atoms with E-state index in [9.17, 15) is 0 Å². The standard InChI is InChI=1S/C32H40ClN5S/c1-20-15-21(2)19-36(18-20)29-13-12-25(17-27(29)33)38-31(30(35-32(38)39)28-11-7-8-14-34-28)26-16-22(3)37(23(26)4)24-9-5-6-10-24/h7-8,11-14,16-17,20-21,24,30-31H,5-6,9-10,15,18-19H2,1-4H3,(H,35,39)/t20-,21+,30-,31-/m1/s1. The molecule has 4 heterocycles. The van der Waals surface area contributed by atoms with Crippen molar-refractivity contribution in [1.29, 1.82) is 0 Å². The first-order valence-electron chi connectivity index (χ1n) is 14.5. The number of piperidine rings is 1. The summed E-state index contributed by atoms with van der Waals surface area (Å²) in [6.45, 7) is 11.3. The van der Waals surface area contributed by atoms with Gasteiger partial charge in [-0.05, 0) is 99.1 Å². The average Bonchev–Trinajstić information content (AvgIpc) is 3.61. The molecule has 3 aromatic rings. The second-order valence-electron chi connectivity index (χ2n) is 12.1. The molecule has 0 unspecified atom stereocenters. The van der Waals surface area contributed by atoms with Crippen molar-refractivity contribution in [2.75, 3.05) is 22.9 Å². The van der Waals surface area contributed by atoms with Gasteiger partial charge in [-0.2, -0.15) is 0 Å². The molecule has 1 aliphatic carbocycles. The number of aryl methyl sites for hydroxylation is 1. The van der Waals surface area contributed by atoms with E-state index in [0.717, 1.165) is 35.2 Å². The number of halogens is 1. The number of nitrogens with zero attached hydrogens (tertiary/aromatic N) is 4. The maximum absolute atomic E-state index is 7.03. The molecule has 6 rings (SSSR count). The quantitative estimate of drug-likeness (QED) is 0.320. The van der Waals surface area contributed by atoms with Gasteiger partial charge in [0.05, 0.1) is 28.5 Å². The highest BCUT2D eigenvalue weighted by atomic mass is 35.5. The van der Waals surface area contributed by atoms with Crippen molar-refractivity contribution in [3.8, 4) is 0 Å². The van der Waals surface area contributed by atoms with Crippen LogP contribution >= 0.6 is 23.8 Å². The molecule has 4 atom stereocenters. The van der Waals surface area contributed by atoms with E-state index in [1.54, 1.807) is 0 Å². The van der Waals surface area contributed by atoms with Gasteiger partial charge < -0.3 is 19.7 Å². The summed E-state index contributed by atoms with van der Waals surface area (Å²) < 4.78 is 2.58. The highest BCUT2D eigenvalue weighted by Gasteiger charge is 2.43. The molecule has 0 radical (unpaired) electrons. The lowest BCUT2D eigenvalue weighted by molar-refractivity contribution is 0.357. The van der Waals surface area contributed by atoms with Gasteiger partial charge in [-0.25, -0.2) is 0 Å². The summed E-state index contributed by atoms with van der Waals surface area (Å²) in [7, 11) is 0. The van der Waals surface area contributed by atoms with E-state index >= 15 is 0 Å². The van der Waals surface area contributed by atoms with Gasteiger partial charge in [-0.15, -0.1) is 0 Å². The molecule has 1 saturated carbocycles. The number of hydrogen-bond acceptors (Lipinski definition) is 3. The zero-order chi connectivity index (χ0) is 27.3. The van der Waals surface area contributed by atoms with E-state index in [1.807, 2.05) is 12.3 Å². The first kappa shape index (κ1) is 26.6. The van der Waals surface area contributed by atoms with Crippen LogP contribution in [0.15, 0.2) is 48.7 Å². The number of benzene rings is 1. The van der Waals surface area contributed by atoms with Gasteiger partial charge >= 0.3 is 0 Å². The van der Waals surface area contributed by atoms with Crippen LogP contribution in [-0.4, -0.2) is 27.8 Å². The molecular weight excluding hydrogens is 522 g/mol. The summed E-state index contributed by atoms with van der Waals surface area (Å²) in [6.07, 6.45) is 8.29. The molecule has 3 fully saturated rings. The second kappa shape index (κ2) is 10.8. The molecule has 5 nitrogen and oxygen atoms in total. The van der Waals surface area contributed by atoms with E-state index in [1.165, 1.54) is 49.1 Å². The Bertz CT molecular complexity index is 1340. The van der Waals surface area contributed by atoms with Crippen molar-refractivity contribution in [3.63, 3.8) is 0 Å². The second-order valence-corrected chi connectivity index (χ2v) is 12.9. The molecule has 2 saturated heterocycles. The number of rotatable bonds is 5. The molecular formula is C32H40ClN5S. The Labute approximate surface area is 243 Å². The van der Waals surface area contributed by atoms with Crippen molar-refractivity contribution in [2.24, 2.45) is 11.8 Å². The van der Waals surface area contributed by atoms with Crippen LogP contribution in [0.3, 0.4) is 0 Å². The summed E-state index contributed by atoms with van der Waals surface area (Å²) in [5.74, 6) is 1.33. The molecule has 39 heavy (non-hydrogen) atoms.